The minimum Gasteiger partial charge on any atom is -0.366 e. The van der Waals surface area contributed by atoms with Gasteiger partial charge in [-0.15, -0.1) is 0 Å². The van der Waals surface area contributed by atoms with Crippen molar-refractivity contribution in [2.75, 3.05) is 0 Å². The molecule has 1 aromatic carbocycles. The van der Waals surface area contributed by atoms with Crippen molar-refractivity contribution in [2.24, 2.45) is 5.73 Å². The smallest absolute Gasteiger partial charge is 0.248 e. The van der Waals surface area contributed by atoms with Crippen LogP contribution in [-0.4, -0.2) is 15.3 Å². The number of nitrogens with zero attached hydrogens (tertiary/aromatic N) is 2. The van der Waals surface area contributed by atoms with Crippen molar-refractivity contribution < 1.29 is 4.79 Å². The van der Waals surface area contributed by atoms with Crippen LogP contribution in [0.2, 0.25) is 0 Å². The standard InChI is InChI=1S/C15H12BrN3O/c1-9-11(3-2-4-12(9)15(17)20)10-5-6-19-13(16)8-18-14(19)7-10/h2-8H,1H3,(H2,17,20). The van der Waals surface area contributed by atoms with Crippen molar-refractivity contribution >= 4 is 27.5 Å². The minimum atomic E-state index is -0.408. The van der Waals surface area contributed by atoms with Gasteiger partial charge in [0.15, 0.2) is 0 Å². The number of carbonyl (C=O) groups is 1. The summed E-state index contributed by atoms with van der Waals surface area (Å²) >= 11 is 3.43. The van der Waals surface area contributed by atoms with Crippen LogP contribution in [0.5, 0.6) is 0 Å². The molecule has 0 saturated carbocycles. The lowest BCUT2D eigenvalue weighted by Crippen LogP contribution is -2.12. The molecule has 0 unspecified atom stereocenters. The maximum Gasteiger partial charge on any atom is 0.248 e. The fraction of sp³-hybridized carbons (Fsp3) is 0.0667. The summed E-state index contributed by atoms with van der Waals surface area (Å²) in [7, 11) is 0. The molecule has 0 radical (unpaired) electrons. The summed E-state index contributed by atoms with van der Waals surface area (Å²) in [5.74, 6) is -0.408. The van der Waals surface area contributed by atoms with Crippen LogP contribution >= 0.6 is 15.9 Å². The van der Waals surface area contributed by atoms with Gasteiger partial charge in [0.05, 0.1) is 6.20 Å². The van der Waals surface area contributed by atoms with Crippen molar-refractivity contribution in [3.05, 3.63) is 58.5 Å². The summed E-state index contributed by atoms with van der Waals surface area (Å²) in [5, 5.41) is 0. The van der Waals surface area contributed by atoms with Gasteiger partial charge in [-0.1, -0.05) is 12.1 Å². The van der Waals surface area contributed by atoms with Crippen LogP contribution in [0.15, 0.2) is 47.3 Å². The minimum absolute atomic E-state index is 0.408. The number of pyridine rings is 1. The van der Waals surface area contributed by atoms with Gasteiger partial charge in [-0.25, -0.2) is 4.98 Å². The molecule has 0 spiro atoms. The van der Waals surface area contributed by atoms with Crippen molar-refractivity contribution in [2.45, 2.75) is 6.92 Å². The molecule has 4 nitrogen and oxygen atoms in total. The Morgan fingerprint density at radius 2 is 2.15 bits per heavy atom. The van der Waals surface area contributed by atoms with Gasteiger partial charge in [-0.2, -0.15) is 0 Å². The van der Waals surface area contributed by atoms with E-state index in [1.807, 2.05) is 41.8 Å². The van der Waals surface area contributed by atoms with E-state index in [1.165, 1.54) is 0 Å². The molecule has 0 fully saturated rings. The summed E-state index contributed by atoms with van der Waals surface area (Å²) in [5.41, 5.74) is 9.67. The van der Waals surface area contributed by atoms with Gasteiger partial charge in [0.2, 0.25) is 5.91 Å². The van der Waals surface area contributed by atoms with Gasteiger partial charge >= 0.3 is 0 Å². The first kappa shape index (κ1) is 12.9. The highest BCUT2D eigenvalue weighted by Crippen LogP contribution is 2.27. The van der Waals surface area contributed by atoms with E-state index < -0.39 is 5.91 Å². The number of primary amides is 1. The monoisotopic (exact) mass is 329 g/mol. The number of amides is 1. The van der Waals surface area contributed by atoms with Gasteiger partial charge in [0.25, 0.3) is 0 Å². The molecule has 3 rings (SSSR count). The number of nitrogens with two attached hydrogens (primary N) is 1. The highest BCUT2D eigenvalue weighted by atomic mass is 79.9. The Morgan fingerprint density at radius 1 is 1.35 bits per heavy atom. The van der Waals surface area contributed by atoms with E-state index in [-0.39, 0.29) is 0 Å². The summed E-state index contributed by atoms with van der Waals surface area (Å²) in [6.45, 7) is 1.90. The summed E-state index contributed by atoms with van der Waals surface area (Å²) in [4.78, 5) is 15.7. The number of rotatable bonds is 2. The van der Waals surface area contributed by atoms with Gasteiger partial charge in [0, 0.05) is 11.8 Å². The predicted molar refractivity (Wildman–Crippen MR) is 81.6 cm³/mol. The molecule has 2 heterocycles. The average Bonchev–Trinajstić information content (AvgIpc) is 2.80. The first-order valence-electron chi connectivity index (χ1n) is 6.10. The largest absolute Gasteiger partial charge is 0.366 e. The van der Waals surface area contributed by atoms with Crippen LogP contribution in [0.1, 0.15) is 15.9 Å². The normalized spacial score (nSPS) is 10.9. The van der Waals surface area contributed by atoms with E-state index in [4.69, 9.17) is 5.73 Å². The lowest BCUT2D eigenvalue weighted by molar-refractivity contribution is 0.1000. The van der Waals surface area contributed by atoms with E-state index in [0.717, 1.165) is 26.9 Å². The molecule has 100 valence electrons. The number of carbonyl (C=O) groups excluding carboxylic acids is 1. The summed E-state index contributed by atoms with van der Waals surface area (Å²) < 4.78 is 2.85. The number of aromatic nitrogens is 2. The van der Waals surface area contributed by atoms with Crippen LogP contribution in [0.3, 0.4) is 0 Å². The molecular weight excluding hydrogens is 318 g/mol. The number of imidazole rings is 1. The second-order valence-electron chi connectivity index (χ2n) is 4.57. The Labute approximate surface area is 124 Å². The predicted octanol–water partition coefficient (Wildman–Crippen LogP) is 3.17. The zero-order chi connectivity index (χ0) is 14.3. The molecule has 0 aliphatic carbocycles. The molecule has 5 heteroatoms. The second-order valence-corrected chi connectivity index (χ2v) is 5.38. The lowest BCUT2D eigenvalue weighted by Gasteiger charge is -2.09. The van der Waals surface area contributed by atoms with Crippen molar-refractivity contribution in [1.29, 1.82) is 0 Å². The molecule has 20 heavy (non-hydrogen) atoms. The third kappa shape index (κ3) is 2.00. The molecule has 0 bridgehead atoms. The quantitative estimate of drug-likeness (QED) is 0.784. The fourth-order valence-electron chi connectivity index (χ4n) is 2.33. The highest BCUT2D eigenvalue weighted by Gasteiger charge is 2.11. The molecule has 0 saturated heterocycles. The first-order chi connectivity index (χ1) is 9.58. The van der Waals surface area contributed by atoms with E-state index in [9.17, 15) is 4.79 Å². The maximum absolute atomic E-state index is 11.4. The molecule has 0 aliphatic rings. The van der Waals surface area contributed by atoms with E-state index in [2.05, 4.69) is 20.9 Å². The first-order valence-corrected chi connectivity index (χ1v) is 6.89. The maximum atomic E-state index is 11.4. The van der Waals surface area contributed by atoms with Crippen LogP contribution < -0.4 is 5.73 Å². The van der Waals surface area contributed by atoms with Crippen LogP contribution in [0.4, 0.5) is 0 Å². The Kier molecular flexibility index (Phi) is 3.06. The Hall–Kier alpha value is -2.14. The Bertz CT molecular complexity index is 823. The Balaban J connectivity index is 2.20. The fourth-order valence-corrected chi connectivity index (χ4v) is 2.73. The number of hydrogen-bond acceptors (Lipinski definition) is 2. The highest BCUT2D eigenvalue weighted by molar-refractivity contribution is 9.10. The van der Waals surface area contributed by atoms with Crippen molar-refractivity contribution in [3.8, 4) is 11.1 Å². The number of halogens is 1. The molecule has 2 aromatic heterocycles. The third-order valence-corrected chi connectivity index (χ3v) is 3.97. The van der Waals surface area contributed by atoms with Crippen LogP contribution in [0.25, 0.3) is 16.8 Å². The lowest BCUT2D eigenvalue weighted by atomic mass is 9.97. The van der Waals surface area contributed by atoms with Gasteiger partial charge in [-0.05, 0) is 57.7 Å². The zero-order valence-electron chi connectivity index (χ0n) is 10.8. The van der Waals surface area contributed by atoms with E-state index >= 15 is 0 Å². The average molecular weight is 330 g/mol. The topological polar surface area (TPSA) is 60.4 Å². The van der Waals surface area contributed by atoms with Crippen molar-refractivity contribution in [3.63, 3.8) is 0 Å². The molecule has 1 amide bonds. The van der Waals surface area contributed by atoms with Gasteiger partial charge in [0.1, 0.15) is 10.3 Å². The van der Waals surface area contributed by atoms with Crippen LogP contribution in [-0.2, 0) is 0 Å². The SMILES string of the molecule is Cc1c(C(N)=O)cccc1-c1ccn2c(Br)cnc2c1. The van der Waals surface area contributed by atoms with Crippen LogP contribution in [0, 0.1) is 6.92 Å². The van der Waals surface area contributed by atoms with E-state index in [0.29, 0.717) is 5.56 Å². The van der Waals surface area contributed by atoms with E-state index in [1.54, 1.807) is 12.3 Å². The molecule has 2 N–H and O–H groups in total. The number of hydrogen-bond donors (Lipinski definition) is 1. The van der Waals surface area contributed by atoms with Crippen molar-refractivity contribution in [1.82, 2.24) is 9.38 Å². The van der Waals surface area contributed by atoms with Gasteiger partial charge < -0.3 is 5.73 Å². The molecule has 0 atom stereocenters. The van der Waals surface area contributed by atoms with Gasteiger partial charge in [-0.3, -0.25) is 9.20 Å². The number of fused-ring (bicyclic) bond motifs is 1. The Morgan fingerprint density at radius 3 is 2.90 bits per heavy atom. The number of benzene rings is 1. The zero-order valence-corrected chi connectivity index (χ0v) is 12.4. The summed E-state index contributed by atoms with van der Waals surface area (Å²) in [6.07, 6.45) is 3.70. The molecule has 0 aliphatic heterocycles. The summed E-state index contributed by atoms with van der Waals surface area (Å²) in [6, 6.07) is 9.54. The molecular formula is C15H12BrN3O. The molecule has 3 aromatic rings. The second kappa shape index (κ2) is 4.76. The third-order valence-electron chi connectivity index (χ3n) is 3.38.